The van der Waals surface area contributed by atoms with Crippen molar-refractivity contribution in [1.82, 2.24) is 18.8 Å². The smallest absolute Gasteiger partial charge is 0.243 e. The third-order valence-corrected chi connectivity index (χ3v) is 8.48. The molecule has 2 saturated heterocycles. The third kappa shape index (κ3) is 4.50. The molecular formula is C24H31N5O3S. The van der Waals surface area contributed by atoms with E-state index in [4.69, 9.17) is 9.72 Å². The predicted octanol–water partition coefficient (Wildman–Crippen LogP) is 2.40. The lowest BCUT2D eigenvalue weighted by atomic mass is 10.2. The van der Waals surface area contributed by atoms with Gasteiger partial charge in [0.15, 0.2) is 0 Å². The van der Waals surface area contributed by atoms with E-state index >= 15 is 0 Å². The molecule has 3 heterocycles. The first kappa shape index (κ1) is 22.3. The highest BCUT2D eigenvalue weighted by Gasteiger charge is 2.27. The molecule has 2 aromatic carbocycles. The fourth-order valence-electron chi connectivity index (χ4n) is 4.73. The van der Waals surface area contributed by atoms with E-state index in [0.29, 0.717) is 31.2 Å². The normalized spacial score (nSPS) is 18.8. The van der Waals surface area contributed by atoms with E-state index in [1.54, 1.807) is 12.1 Å². The summed E-state index contributed by atoms with van der Waals surface area (Å²) in [6.07, 6.45) is 0. The molecule has 0 atom stereocenters. The topological polar surface area (TPSA) is 70.9 Å². The lowest BCUT2D eigenvalue weighted by molar-refractivity contribution is 0.0730. The molecule has 3 aromatic rings. The zero-order valence-corrected chi connectivity index (χ0v) is 19.9. The van der Waals surface area contributed by atoms with Gasteiger partial charge in [0.1, 0.15) is 5.82 Å². The molecule has 8 nitrogen and oxygen atoms in total. The molecule has 5 rings (SSSR count). The number of sulfonamides is 1. The summed E-state index contributed by atoms with van der Waals surface area (Å²) in [5.74, 6) is 0.988. The maximum Gasteiger partial charge on any atom is 0.243 e. The molecule has 2 aliphatic rings. The summed E-state index contributed by atoms with van der Waals surface area (Å²) in [7, 11) is -3.54. The highest BCUT2D eigenvalue weighted by molar-refractivity contribution is 7.89. The Morgan fingerprint density at radius 1 is 0.939 bits per heavy atom. The number of aryl methyl sites for hydroxylation is 1. The van der Waals surface area contributed by atoms with Crippen molar-refractivity contribution in [3.8, 4) is 0 Å². The molecule has 176 valence electrons. The molecule has 0 N–H and O–H groups in total. The van der Waals surface area contributed by atoms with E-state index < -0.39 is 10.0 Å². The molecule has 2 fully saturated rings. The number of morpholine rings is 1. The van der Waals surface area contributed by atoms with Crippen molar-refractivity contribution >= 4 is 26.7 Å². The Morgan fingerprint density at radius 2 is 1.67 bits per heavy atom. The van der Waals surface area contributed by atoms with Gasteiger partial charge in [0.25, 0.3) is 0 Å². The monoisotopic (exact) mass is 469 g/mol. The van der Waals surface area contributed by atoms with Crippen molar-refractivity contribution in [2.45, 2.75) is 24.9 Å². The van der Waals surface area contributed by atoms with Crippen molar-refractivity contribution < 1.29 is 13.2 Å². The average molecular weight is 470 g/mol. The summed E-state index contributed by atoms with van der Waals surface area (Å²) < 4.78 is 35.2. The molecule has 0 spiro atoms. The molecule has 2 aliphatic heterocycles. The molecule has 33 heavy (non-hydrogen) atoms. The maximum atomic E-state index is 13.1. The van der Waals surface area contributed by atoms with Crippen LogP contribution in [0.15, 0.2) is 53.4 Å². The van der Waals surface area contributed by atoms with Gasteiger partial charge >= 0.3 is 0 Å². The van der Waals surface area contributed by atoms with Gasteiger partial charge in [-0.3, -0.25) is 4.90 Å². The Morgan fingerprint density at radius 3 is 2.36 bits per heavy atom. The van der Waals surface area contributed by atoms with E-state index in [0.717, 1.165) is 56.1 Å². The van der Waals surface area contributed by atoms with E-state index in [-0.39, 0.29) is 0 Å². The molecule has 0 saturated carbocycles. The number of hydrogen-bond acceptors (Lipinski definition) is 6. The van der Waals surface area contributed by atoms with Gasteiger partial charge in [-0.1, -0.05) is 18.2 Å². The zero-order valence-electron chi connectivity index (χ0n) is 19.1. The van der Waals surface area contributed by atoms with Crippen LogP contribution in [0.1, 0.15) is 12.7 Å². The standard InChI is InChI=1S/C24H31N5O3S/c1-2-29-23-9-8-21(33(30,31)28-14-16-32-17-15-28)18-22(23)25-24(29)19-26-10-12-27(13-11-26)20-6-4-3-5-7-20/h3-9,18H,2,10-17,19H2,1H3. The van der Waals surface area contributed by atoms with Gasteiger partial charge in [0.2, 0.25) is 10.0 Å². The lowest BCUT2D eigenvalue weighted by Crippen LogP contribution is -2.46. The van der Waals surface area contributed by atoms with E-state index in [1.807, 2.05) is 12.1 Å². The summed E-state index contributed by atoms with van der Waals surface area (Å²) >= 11 is 0. The predicted molar refractivity (Wildman–Crippen MR) is 129 cm³/mol. The minimum absolute atomic E-state index is 0.306. The van der Waals surface area contributed by atoms with Gasteiger partial charge in [0, 0.05) is 51.5 Å². The second-order valence-corrected chi connectivity index (χ2v) is 10.5. The van der Waals surface area contributed by atoms with Crippen LogP contribution in [-0.4, -0.2) is 79.7 Å². The van der Waals surface area contributed by atoms with Gasteiger partial charge in [-0.25, -0.2) is 13.4 Å². The second-order valence-electron chi connectivity index (χ2n) is 8.54. The lowest BCUT2D eigenvalue weighted by Gasteiger charge is -2.36. The number of hydrogen-bond donors (Lipinski definition) is 0. The van der Waals surface area contributed by atoms with Crippen LogP contribution in [0, 0.1) is 0 Å². The van der Waals surface area contributed by atoms with Crippen molar-refractivity contribution in [1.29, 1.82) is 0 Å². The minimum Gasteiger partial charge on any atom is -0.379 e. The van der Waals surface area contributed by atoms with Gasteiger partial charge in [-0.15, -0.1) is 0 Å². The minimum atomic E-state index is -3.54. The summed E-state index contributed by atoms with van der Waals surface area (Å²) in [5.41, 5.74) is 2.99. The number of ether oxygens (including phenoxy) is 1. The van der Waals surface area contributed by atoms with Gasteiger partial charge < -0.3 is 14.2 Å². The van der Waals surface area contributed by atoms with Crippen LogP contribution in [0.3, 0.4) is 0 Å². The van der Waals surface area contributed by atoms with Crippen molar-refractivity contribution in [2.75, 3.05) is 57.4 Å². The number of anilines is 1. The number of rotatable bonds is 6. The summed E-state index contributed by atoms with van der Waals surface area (Å²) in [4.78, 5) is 10.0. The van der Waals surface area contributed by atoms with Crippen LogP contribution in [-0.2, 0) is 27.8 Å². The Labute approximate surface area is 195 Å². The summed E-state index contributed by atoms with van der Waals surface area (Å²) in [6.45, 7) is 9.24. The molecule has 9 heteroatoms. The fraction of sp³-hybridized carbons (Fsp3) is 0.458. The summed E-state index contributed by atoms with van der Waals surface area (Å²) in [6, 6.07) is 15.9. The SMILES string of the molecule is CCn1c(CN2CCN(c3ccccc3)CC2)nc2cc(S(=O)(=O)N3CCOCC3)ccc21. The number of para-hydroxylation sites is 1. The second kappa shape index (κ2) is 9.42. The first-order valence-corrected chi connectivity index (χ1v) is 13.1. The van der Waals surface area contributed by atoms with Gasteiger partial charge in [-0.2, -0.15) is 4.31 Å². The Kier molecular flexibility index (Phi) is 6.38. The van der Waals surface area contributed by atoms with E-state index in [2.05, 4.69) is 45.6 Å². The zero-order chi connectivity index (χ0) is 22.8. The van der Waals surface area contributed by atoms with Crippen molar-refractivity contribution in [3.05, 3.63) is 54.4 Å². The van der Waals surface area contributed by atoms with Crippen LogP contribution in [0.5, 0.6) is 0 Å². The third-order valence-electron chi connectivity index (χ3n) is 6.58. The molecule has 0 radical (unpaired) electrons. The van der Waals surface area contributed by atoms with E-state index in [9.17, 15) is 8.42 Å². The molecule has 1 aromatic heterocycles. The Bertz CT molecular complexity index is 1200. The summed E-state index contributed by atoms with van der Waals surface area (Å²) in [5, 5.41) is 0. The molecule has 0 aliphatic carbocycles. The number of fused-ring (bicyclic) bond motifs is 1. The number of imidazole rings is 1. The maximum absolute atomic E-state index is 13.1. The number of aromatic nitrogens is 2. The number of nitrogens with zero attached hydrogens (tertiary/aromatic N) is 5. The molecular weight excluding hydrogens is 438 g/mol. The average Bonchev–Trinajstić information content (AvgIpc) is 3.21. The highest BCUT2D eigenvalue weighted by Crippen LogP contribution is 2.25. The highest BCUT2D eigenvalue weighted by atomic mass is 32.2. The first-order chi connectivity index (χ1) is 16.1. The number of benzene rings is 2. The van der Waals surface area contributed by atoms with E-state index in [1.165, 1.54) is 9.99 Å². The van der Waals surface area contributed by atoms with Gasteiger partial charge in [-0.05, 0) is 37.3 Å². The molecule has 0 unspecified atom stereocenters. The number of piperazine rings is 1. The van der Waals surface area contributed by atoms with Crippen molar-refractivity contribution in [2.24, 2.45) is 0 Å². The van der Waals surface area contributed by atoms with Crippen LogP contribution in [0.2, 0.25) is 0 Å². The van der Waals surface area contributed by atoms with Gasteiger partial charge in [0.05, 0.1) is 35.7 Å². The first-order valence-electron chi connectivity index (χ1n) is 11.7. The van der Waals surface area contributed by atoms with Crippen LogP contribution in [0.4, 0.5) is 5.69 Å². The van der Waals surface area contributed by atoms with Crippen LogP contribution < -0.4 is 4.90 Å². The molecule has 0 bridgehead atoms. The van der Waals surface area contributed by atoms with Crippen LogP contribution >= 0.6 is 0 Å². The largest absolute Gasteiger partial charge is 0.379 e. The fourth-order valence-corrected chi connectivity index (χ4v) is 6.16. The van der Waals surface area contributed by atoms with Crippen molar-refractivity contribution in [3.63, 3.8) is 0 Å². The Balaban J connectivity index is 1.33. The Hall–Kier alpha value is -2.46. The van der Waals surface area contributed by atoms with Crippen LogP contribution in [0.25, 0.3) is 11.0 Å². The quantitative estimate of drug-likeness (QED) is 0.552. The molecule has 0 amide bonds.